The van der Waals surface area contributed by atoms with Crippen LogP contribution in [0.15, 0.2) is 23.1 Å². The number of hydrogen-bond acceptors (Lipinski definition) is 3. The van der Waals surface area contributed by atoms with E-state index < -0.39 is 9.84 Å². The molecule has 1 saturated carbocycles. The topological polar surface area (TPSA) is 46.2 Å². The predicted molar refractivity (Wildman–Crippen MR) is 75.7 cm³/mol. The number of benzene rings is 1. The van der Waals surface area contributed by atoms with Gasteiger partial charge in [0.2, 0.25) is 0 Å². The van der Waals surface area contributed by atoms with Gasteiger partial charge >= 0.3 is 0 Å². The van der Waals surface area contributed by atoms with Crippen LogP contribution in [0, 0.1) is 17.7 Å². The minimum Gasteiger partial charge on any atom is -0.310 e. The molecule has 1 aliphatic carbocycles. The standard InChI is InChI=1S/C15H20FNO2S/c1-10(11-2-3-11)9-17-14-6-7-20(18,19)15-5-4-12(16)8-13(14)15/h4-5,8,10-11,14,17H,2-3,6-7,9H2,1H3. The third-order valence-corrected chi connectivity index (χ3v) is 6.29. The van der Waals surface area contributed by atoms with Gasteiger partial charge in [0.05, 0.1) is 10.6 Å². The molecule has 3 rings (SSSR count). The molecule has 0 amide bonds. The molecule has 1 aliphatic heterocycles. The summed E-state index contributed by atoms with van der Waals surface area (Å²) < 4.78 is 37.5. The molecule has 1 aromatic carbocycles. The Hall–Kier alpha value is -0.940. The highest BCUT2D eigenvalue weighted by Gasteiger charge is 2.32. The van der Waals surface area contributed by atoms with Crippen LogP contribution in [0.2, 0.25) is 0 Å². The first kappa shape index (κ1) is 14.0. The molecule has 0 bridgehead atoms. The lowest BCUT2D eigenvalue weighted by molar-refractivity contribution is 0.406. The molecule has 1 heterocycles. The summed E-state index contributed by atoms with van der Waals surface area (Å²) in [4.78, 5) is 0.293. The quantitative estimate of drug-likeness (QED) is 0.869. The van der Waals surface area contributed by atoms with E-state index in [4.69, 9.17) is 0 Å². The average Bonchev–Trinajstić information content (AvgIpc) is 3.21. The molecule has 3 nitrogen and oxygen atoms in total. The van der Waals surface area contributed by atoms with E-state index >= 15 is 0 Å². The van der Waals surface area contributed by atoms with Gasteiger partial charge in [-0.25, -0.2) is 12.8 Å². The highest BCUT2D eigenvalue weighted by atomic mass is 32.2. The minimum absolute atomic E-state index is 0.0505. The number of fused-ring (bicyclic) bond motifs is 1. The van der Waals surface area contributed by atoms with Crippen molar-refractivity contribution in [2.75, 3.05) is 12.3 Å². The van der Waals surface area contributed by atoms with Gasteiger partial charge < -0.3 is 5.32 Å². The van der Waals surface area contributed by atoms with Gasteiger partial charge in [0.15, 0.2) is 9.84 Å². The Morgan fingerprint density at radius 1 is 1.35 bits per heavy atom. The Morgan fingerprint density at radius 3 is 2.80 bits per heavy atom. The molecule has 5 heteroatoms. The second kappa shape index (κ2) is 5.11. The predicted octanol–water partition coefficient (Wildman–Crippen LogP) is 2.68. The molecule has 0 saturated heterocycles. The fourth-order valence-electron chi connectivity index (χ4n) is 2.99. The van der Waals surface area contributed by atoms with Crippen LogP contribution >= 0.6 is 0 Å². The fraction of sp³-hybridized carbons (Fsp3) is 0.600. The SMILES string of the molecule is CC(CNC1CCS(=O)(=O)c2ccc(F)cc21)C1CC1. The van der Waals surface area contributed by atoms with Gasteiger partial charge in [0.1, 0.15) is 5.82 Å². The van der Waals surface area contributed by atoms with E-state index in [0.717, 1.165) is 12.5 Å². The Kier molecular flexibility index (Phi) is 3.58. The zero-order valence-electron chi connectivity index (χ0n) is 11.6. The molecule has 1 aromatic rings. The van der Waals surface area contributed by atoms with Crippen molar-refractivity contribution in [1.29, 1.82) is 0 Å². The maximum absolute atomic E-state index is 13.4. The lowest BCUT2D eigenvalue weighted by atomic mass is 10.0. The number of rotatable bonds is 4. The summed E-state index contributed by atoms with van der Waals surface area (Å²) in [5.74, 6) is 1.18. The van der Waals surface area contributed by atoms with Crippen molar-refractivity contribution in [2.24, 2.45) is 11.8 Å². The summed E-state index contributed by atoms with van der Waals surface area (Å²) in [6, 6.07) is 3.94. The number of nitrogens with one attached hydrogen (secondary N) is 1. The molecule has 20 heavy (non-hydrogen) atoms. The van der Waals surface area contributed by atoms with Crippen molar-refractivity contribution in [3.8, 4) is 0 Å². The van der Waals surface area contributed by atoms with E-state index in [1.54, 1.807) is 0 Å². The van der Waals surface area contributed by atoms with E-state index in [1.165, 1.54) is 31.0 Å². The summed E-state index contributed by atoms with van der Waals surface area (Å²) >= 11 is 0. The van der Waals surface area contributed by atoms with E-state index in [-0.39, 0.29) is 17.6 Å². The maximum Gasteiger partial charge on any atom is 0.178 e. The van der Waals surface area contributed by atoms with Crippen molar-refractivity contribution in [3.05, 3.63) is 29.6 Å². The van der Waals surface area contributed by atoms with Gasteiger partial charge in [-0.2, -0.15) is 0 Å². The molecule has 0 aromatic heterocycles. The summed E-state index contributed by atoms with van der Waals surface area (Å²) in [7, 11) is -3.24. The first-order valence-corrected chi connectivity index (χ1v) is 8.88. The van der Waals surface area contributed by atoms with Gasteiger partial charge in [0, 0.05) is 6.04 Å². The van der Waals surface area contributed by atoms with Crippen LogP contribution in [-0.2, 0) is 9.84 Å². The Morgan fingerprint density at radius 2 is 2.10 bits per heavy atom. The van der Waals surface area contributed by atoms with E-state index in [9.17, 15) is 12.8 Å². The molecule has 2 unspecified atom stereocenters. The van der Waals surface area contributed by atoms with Gasteiger partial charge in [-0.05, 0) is 61.4 Å². The molecule has 1 N–H and O–H groups in total. The highest BCUT2D eigenvalue weighted by molar-refractivity contribution is 7.91. The lowest BCUT2D eigenvalue weighted by Crippen LogP contribution is -2.32. The van der Waals surface area contributed by atoms with Crippen molar-refractivity contribution < 1.29 is 12.8 Å². The Bertz CT molecular complexity index is 610. The molecule has 1 fully saturated rings. The van der Waals surface area contributed by atoms with Gasteiger partial charge in [-0.3, -0.25) is 0 Å². The van der Waals surface area contributed by atoms with Crippen molar-refractivity contribution >= 4 is 9.84 Å². The molecule has 110 valence electrons. The van der Waals surface area contributed by atoms with Gasteiger partial charge in [0.25, 0.3) is 0 Å². The summed E-state index contributed by atoms with van der Waals surface area (Å²) in [6.07, 6.45) is 3.12. The van der Waals surface area contributed by atoms with E-state index in [2.05, 4.69) is 12.2 Å². The summed E-state index contributed by atoms with van der Waals surface area (Å²) in [5.41, 5.74) is 0.597. The molecule has 0 spiro atoms. The van der Waals surface area contributed by atoms with Crippen LogP contribution in [-0.4, -0.2) is 20.7 Å². The molecule has 2 aliphatic rings. The van der Waals surface area contributed by atoms with Crippen molar-refractivity contribution in [2.45, 2.75) is 37.1 Å². The molecular formula is C15H20FNO2S. The van der Waals surface area contributed by atoms with Crippen molar-refractivity contribution in [3.63, 3.8) is 0 Å². The Balaban J connectivity index is 1.81. The van der Waals surface area contributed by atoms with Crippen LogP contribution in [0.3, 0.4) is 0 Å². The first-order valence-electron chi connectivity index (χ1n) is 7.23. The van der Waals surface area contributed by atoms with Gasteiger partial charge in [-0.15, -0.1) is 0 Å². The average molecular weight is 297 g/mol. The molecular weight excluding hydrogens is 277 g/mol. The van der Waals surface area contributed by atoms with Crippen LogP contribution < -0.4 is 5.32 Å². The largest absolute Gasteiger partial charge is 0.310 e. The highest BCUT2D eigenvalue weighted by Crippen LogP contribution is 2.37. The normalized spacial score (nSPS) is 26.0. The third kappa shape index (κ3) is 2.74. The molecule has 2 atom stereocenters. The fourth-order valence-corrected chi connectivity index (χ4v) is 4.59. The lowest BCUT2D eigenvalue weighted by Gasteiger charge is -2.27. The smallest absolute Gasteiger partial charge is 0.178 e. The zero-order chi connectivity index (χ0) is 14.3. The number of hydrogen-bond donors (Lipinski definition) is 1. The van der Waals surface area contributed by atoms with Crippen LogP contribution in [0.4, 0.5) is 4.39 Å². The molecule has 0 radical (unpaired) electrons. The summed E-state index contributed by atoms with van der Waals surface area (Å²) in [5, 5.41) is 3.43. The monoisotopic (exact) mass is 297 g/mol. The van der Waals surface area contributed by atoms with Gasteiger partial charge in [-0.1, -0.05) is 6.92 Å². The second-order valence-corrected chi connectivity index (χ2v) is 8.14. The third-order valence-electron chi connectivity index (χ3n) is 4.47. The number of sulfone groups is 1. The minimum atomic E-state index is -3.24. The van der Waals surface area contributed by atoms with E-state index in [0.29, 0.717) is 22.8 Å². The van der Waals surface area contributed by atoms with Crippen LogP contribution in [0.5, 0.6) is 0 Å². The van der Waals surface area contributed by atoms with Crippen molar-refractivity contribution in [1.82, 2.24) is 5.32 Å². The van der Waals surface area contributed by atoms with E-state index in [1.807, 2.05) is 0 Å². The second-order valence-electron chi connectivity index (χ2n) is 6.07. The van der Waals surface area contributed by atoms with Crippen LogP contribution in [0.25, 0.3) is 0 Å². The summed E-state index contributed by atoms with van der Waals surface area (Å²) in [6.45, 7) is 3.09. The zero-order valence-corrected chi connectivity index (χ0v) is 12.4. The van der Waals surface area contributed by atoms with Crippen LogP contribution in [0.1, 0.15) is 37.8 Å². The number of halogens is 1. The first-order chi connectivity index (χ1) is 9.47. The Labute approximate surface area is 119 Å². The maximum atomic E-state index is 13.4.